The number of hydrogen-bond acceptors (Lipinski definition) is 4. The van der Waals surface area contributed by atoms with Crippen LogP contribution in [0.15, 0.2) is 18.2 Å². The van der Waals surface area contributed by atoms with Crippen molar-refractivity contribution in [3.8, 4) is 0 Å². The Morgan fingerprint density at radius 1 is 1.58 bits per heavy atom. The molecule has 1 aliphatic heterocycles. The van der Waals surface area contributed by atoms with Gasteiger partial charge in [0.2, 0.25) is 0 Å². The van der Waals surface area contributed by atoms with Crippen LogP contribution in [0.1, 0.15) is 19.8 Å². The normalized spacial score (nSPS) is 23.4. The van der Waals surface area contributed by atoms with Crippen molar-refractivity contribution in [2.24, 2.45) is 11.7 Å². The summed E-state index contributed by atoms with van der Waals surface area (Å²) in [4.78, 5) is 12.8. The van der Waals surface area contributed by atoms with Crippen LogP contribution in [0, 0.1) is 16.0 Å². The van der Waals surface area contributed by atoms with Gasteiger partial charge in [-0.2, -0.15) is 0 Å². The molecular formula is C13H18ClN3O2. The number of nitro groups is 1. The molecule has 6 heteroatoms. The number of hydrogen-bond donors (Lipinski definition) is 1. The molecule has 2 atom stereocenters. The summed E-state index contributed by atoms with van der Waals surface area (Å²) in [6.07, 6.45) is 1.84. The zero-order valence-electron chi connectivity index (χ0n) is 10.9. The third-order valence-electron chi connectivity index (χ3n) is 3.79. The third kappa shape index (κ3) is 2.98. The molecule has 2 unspecified atom stereocenters. The molecule has 1 fully saturated rings. The van der Waals surface area contributed by atoms with E-state index in [1.165, 1.54) is 6.07 Å². The van der Waals surface area contributed by atoms with Crippen molar-refractivity contribution in [2.45, 2.75) is 25.8 Å². The molecule has 2 rings (SSSR count). The molecule has 2 N–H and O–H groups in total. The second-order valence-electron chi connectivity index (χ2n) is 4.96. The standard InChI is InChI=1S/C13H18ClN3O2/c1-2-9-8-16(6-5-11(9)15)12-4-3-10(14)7-13(12)17(18)19/h3-4,7,9,11H,2,5-6,8,15H2,1H3. The average molecular weight is 284 g/mol. The van der Waals surface area contributed by atoms with Crippen LogP contribution in [-0.2, 0) is 0 Å². The van der Waals surface area contributed by atoms with E-state index in [2.05, 4.69) is 6.92 Å². The summed E-state index contributed by atoms with van der Waals surface area (Å²) in [6, 6.07) is 5.02. The molecule has 1 heterocycles. The number of nitrogens with zero attached hydrogens (tertiary/aromatic N) is 2. The highest BCUT2D eigenvalue weighted by atomic mass is 35.5. The second kappa shape index (κ2) is 5.75. The number of nitrogens with two attached hydrogens (primary N) is 1. The van der Waals surface area contributed by atoms with Crippen molar-refractivity contribution in [3.05, 3.63) is 33.3 Å². The lowest BCUT2D eigenvalue weighted by Crippen LogP contribution is -2.47. The van der Waals surface area contributed by atoms with Crippen LogP contribution in [-0.4, -0.2) is 24.1 Å². The minimum Gasteiger partial charge on any atom is -0.366 e. The fourth-order valence-electron chi connectivity index (χ4n) is 2.61. The smallest absolute Gasteiger partial charge is 0.294 e. The molecule has 1 saturated heterocycles. The van der Waals surface area contributed by atoms with Gasteiger partial charge in [0.25, 0.3) is 5.69 Å². The van der Waals surface area contributed by atoms with Gasteiger partial charge in [0.15, 0.2) is 0 Å². The molecule has 1 aromatic rings. The maximum atomic E-state index is 11.1. The van der Waals surface area contributed by atoms with Crippen LogP contribution in [0.2, 0.25) is 5.02 Å². The summed E-state index contributed by atoms with van der Waals surface area (Å²) in [5.74, 6) is 0.379. The molecule has 0 radical (unpaired) electrons. The monoisotopic (exact) mass is 283 g/mol. The van der Waals surface area contributed by atoms with E-state index in [-0.39, 0.29) is 16.7 Å². The van der Waals surface area contributed by atoms with Gasteiger partial charge < -0.3 is 10.6 Å². The molecule has 5 nitrogen and oxygen atoms in total. The number of anilines is 1. The number of benzene rings is 1. The predicted octanol–water partition coefficient (Wildman–Crippen LogP) is 2.81. The van der Waals surface area contributed by atoms with Gasteiger partial charge in [0, 0.05) is 30.2 Å². The van der Waals surface area contributed by atoms with Crippen LogP contribution in [0.25, 0.3) is 0 Å². The maximum absolute atomic E-state index is 11.1. The van der Waals surface area contributed by atoms with Crippen molar-refractivity contribution in [2.75, 3.05) is 18.0 Å². The molecule has 1 aliphatic rings. The first-order valence-electron chi connectivity index (χ1n) is 6.47. The summed E-state index contributed by atoms with van der Waals surface area (Å²) >= 11 is 5.84. The third-order valence-corrected chi connectivity index (χ3v) is 4.03. The highest BCUT2D eigenvalue weighted by Gasteiger charge is 2.29. The second-order valence-corrected chi connectivity index (χ2v) is 5.39. The molecule has 0 aromatic heterocycles. The first-order valence-corrected chi connectivity index (χ1v) is 6.85. The Labute approximate surface area is 117 Å². The quantitative estimate of drug-likeness (QED) is 0.684. The van der Waals surface area contributed by atoms with Crippen molar-refractivity contribution < 1.29 is 4.92 Å². The first-order chi connectivity index (χ1) is 9.02. The Balaban J connectivity index is 2.29. The molecule has 0 bridgehead atoms. The number of rotatable bonds is 3. The molecule has 0 spiro atoms. The fraction of sp³-hybridized carbons (Fsp3) is 0.538. The van der Waals surface area contributed by atoms with Crippen LogP contribution in [0.5, 0.6) is 0 Å². The zero-order chi connectivity index (χ0) is 14.0. The predicted molar refractivity (Wildman–Crippen MR) is 76.7 cm³/mol. The van der Waals surface area contributed by atoms with Crippen molar-refractivity contribution >= 4 is 23.0 Å². The SMILES string of the molecule is CCC1CN(c2ccc(Cl)cc2[N+](=O)[O-])CCC1N. The van der Waals surface area contributed by atoms with Gasteiger partial charge >= 0.3 is 0 Å². The highest BCUT2D eigenvalue weighted by Crippen LogP contribution is 2.33. The lowest BCUT2D eigenvalue weighted by atomic mass is 9.90. The maximum Gasteiger partial charge on any atom is 0.294 e. The first kappa shape index (κ1) is 14.1. The van der Waals surface area contributed by atoms with Gasteiger partial charge in [0.05, 0.1) is 4.92 Å². The molecule has 1 aromatic carbocycles. The number of halogens is 1. The van der Waals surface area contributed by atoms with Crippen molar-refractivity contribution in [1.29, 1.82) is 0 Å². The van der Waals surface area contributed by atoms with Gasteiger partial charge in [-0.15, -0.1) is 0 Å². The summed E-state index contributed by atoms with van der Waals surface area (Å²) in [6.45, 7) is 3.62. The van der Waals surface area contributed by atoms with Gasteiger partial charge in [-0.05, 0) is 24.5 Å². The molecule has 19 heavy (non-hydrogen) atoms. The minimum atomic E-state index is -0.378. The Hall–Kier alpha value is -1.33. The van der Waals surface area contributed by atoms with Crippen LogP contribution < -0.4 is 10.6 Å². The van der Waals surface area contributed by atoms with E-state index in [0.717, 1.165) is 25.9 Å². The summed E-state index contributed by atoms with van der Waals surface area (Å²) < 4.78 is 0. The Kier molecular flexibility index (Phi) is 4.27. The van der Waals surface area contributed by atoms with Gasteiger partial charge in [-0.3, -0.25) is 10.1 Å². The van der Waals surface area contributed by atoms with E-state index in [4.69, 9.17) is 17.3 Å². The Morgan fingerprint density at radius 3 is 2.95 bits per heavy atom. The summed E-state index contributed by atoms with van der Waals surface area (Å²) in [5.41, 5.74) is 6.78. The van der Waals surface area contributed by atoms with Crippen LogP contribution in [0.3, 0.4) is 0 Å². The van der Waals surface area contributed by atoms with Gasteiger partial charge in [-0.25, -0.2) is 0 Å². The highest BCUT2D eigenvalue weighted by molar-refractivity contribution is 6.30. The zero-order valence-corrected chi connectivity index (χ0v) is 11.6. The fourth-order valence-corrected chi connectivity index (χ4v) is 2.78. The summed E-state index contributed by atoms with van der Waals surface area (Å²) in [7, 11) is 0. The van der Waals surface area contributed by atoms with E-state index < -0.39 is 0 Å². The van der Waals surface area contributed by atoms with E-state index in [1.807, 2.05) is 4.90 Å². The molecule has 104 valence electrons. The Morgan fingerprint density at radius 2 is 2.32 bits per heavy atom. The van der Waals surface area contributed by atoms with Gasteiger partial charge in [-0.1, -0.05) is 24.9 Å². The van der Waals surface area contributed by atoms with E-state index in [0.29, 0.717) is 16.6 Å². The summed E-state index contributed by atoms with van der Waals surface area (Å²) in [5, 5.41) is 11.5. The minimum absolute atomic E-state index is 0.0674. The van der Waals surface area contributed by atoms with Gasteiger partial charge in [0.1, 0.15) is 5.69 Å². The topological polar surface area (TPSA) is 72.4 Å². The van der Waals surface area contributed by atoms with Crippen molar-refractivity contribution in [3.63, 3.8) is 0 Å². The van der Waals surface area contributed by atoms with Crippen molar-refractivity contribution in [1.82, 2.24) is 0 Å². The largest absolute Gasteiger partial charge is 0.366 e. The van der Waals surface area contributed by atoms with Crippen LogP contribution in [0.4, 0.5) is 11.4 Å². The lowest BCUT2D eigenvalue weighted by Gasteiger charge is -2.37. The lowest BCUT2D eigenvalue weighted by molar-refractivity contribution is -0.384. The van der Waals surface area contributed by atoms with Crippen LogP contribution >= 0.6 is 11.6 Å². The molecular weight excluding hydrogens is 266 g/mol. The van der Waals surface area contributed by atoms with E-state index >= 15 is 0 Å². The average Bonchev–Trinajstić information content (AvgIpc) is 2.39. The number of piperidine rings is 1. The molecule has 0 aliphatic carbocycles. The molecule has 0 saturated carbocycles. The van der Waals surface area contributed by atoms with E-state index in [9.17, 15) is 10.1 Å². The van der Waals surface area contributed by atoms with E-state index in [1.54, 1.807) is 12.1 Å². The molecule has 0 amide bonds. The Bertz CT molecular complexity index is 481. The number of nitro benzene ring substituents is 1.